The summed E-state index contributed by atoms with van der Waals surface area (Å²) >= 11 is 6.14. The Hall–Kier alpha value is -3.14. The Kier molecular flexibility index (Phi) is 6.83. The number of fused-ring (bicyclic) bond motifs is 1. The van der Waals surface area contributed by atoms with Crippen molar-refractivity contribution in [2.75, 3.05) is 6.54 Å². The third-order valence-corrected chi connectivity index (χ3v) is 6.51. The van der Waals surface area contributed by atoms with E-state index in [1.807, 2.05) is 0 Å². The SMILES string of the molecule is NC(=O)C(CC1CCCNC1=O)NC(=O)C(CC1CC1)NC(=O)c1cc2c(Cl)cncc2[nH]1. The first-order valence-corrected chi connectivity index (χ1v) is 11.5. The smallest absolute Gasteiger partial charge is 0.268 e. The van der Waals surface area contributed by atoms with Crippen molar-refractivity contribution in [1.82, 2.24) is 25.9 Å². The topological polar surface area (TPSA) is 159 Å². The van der Waals surface area contributed by atoms with Crippen LogP contribution < -0.4 is 21.7 Å². The number of nitrogens with zero attached hydrogens (tertiary/aromatic N) is 1. The van der Waals surface area contributed by atoms with Gasteiger partial charge in [0.05, 0.1) is 16.7 Å². The summed E-state index contributed by atoms with van der Waals surface area (Å²) in [5, 5.41) is 9.25. The van der Waals surface area contributed by atoms with Crippen molar-refractivity contribution < 1.29 is 19.2 Å². The van der Waals surface area contributed by atoms with Crippen LogP contribution in [0.5, 0.6) is 0 Å². The summed E-state index contributed by atoms with van der Waals surface area (Å²) in [6.45, 7) is 0.605. The maximum absolute atomic E-state index is 13.1. The molecule has 3 heterocycles. The Labute approximate surface area is 195 Å². The van der Waals surface area contributed by atoms with Crippen LogP contribution in [-0.4, -0.2) is 52.2 Å². The molecule has 33 heavy (non-hydrogen) atoms. The van der Waals surface area contributed by atoms with Crippen molar-refractivity contribution >= 4 is 46.1 Å². The number of carbonyl (C=O) groups is 4. The highest BCUT2D eigenvalue weighted by Crippen LogP contribution is 2.33. The fourth-order valence-electron chi connectivity index (χ4n) is 4.16. The lowest BCUT2D eigenvalue weighted by atomic mass is 9.91. The fraction of sp³-hybridized carbons (Fsp3) is 0.500. The summed E-state index contributed by atoms with van der Waals surface area (Å²) in [7, 11) is 0. The van der Waals surface area contributed by atoms with Gasteiger partial charge in [-0.05, 0) is 37.7 Å². The number of rotatable bonds is 9. The summed E-state index contributed by atoms with van der Waals surface area (Å²) in [4.78, 5) is 57.0. The maximum Gasteiger partial charge on any atom is 0.268 e. The van der Waals surface area contributed by atoms with Gasteiger partial charge in [0.25, 0.3) is 5.91 Å². The van der Waals surface area contributed by atoms with Crippen LogP contribution in [0.4, 0.5) is 0 Å². The van der Waals surface area contributed by atoms with Gasteiger partial charge in [-0.2, -0.15) is 0 Å². The molecule has 2 aliphatic rings. The van der Waals surface area contributed by atoms with Crippen LogP contribution in [0, 0.1) is 11.8 Å². The first-order valence-electron chi connectivity index (χ1n) is 11.1. The highest BCUT2D eigenvalue weighted by molar-refractivity contribution is 6.35. The van der Waals surface area contributed by atoms with Gasteiger partial charge in [-0.1, -0.05) is 24.4 Å². The van der Waals surface area contributed by atoms with E-state index in [2.05, 4.69) is 25.9 Å². The molecule has 11 heteroatoms. The van der Waals surface area contributed by atoms with E-state index in [4.69, 9.17) is 17.3 Å². The average Bonchev–Trinajstić information content (AvgIpc) is 3.48. The van der Waals surface area contributed by atoms with Crippen LogP contribution in [0.2, 0.25) is 5.02 Å². The number of hydrogen-bond donors (Lipinski definition) is 5. The minimum atomic E-state index is -0.997. The number of amides is 4. The van der Waals surface area contributed by atoms with E-state index < -0.39 is 35.7 Å². The van der Waals surface area contributed by atoms with Crippen molar-refractivity contribution in [2.24, 2.45) is 17.6 Å². The Bertz CT molecular complexity index is 1080. The molecule has 1 aliphatic heterocycles. The molecule has 2 aromatic heterocycles. The molecular formula is C22H27ClN6O4. The van der Waals surface area contributed by atoms with Crippen LogP contribution in [0.15, 0.2) is 18.5 Å². The number of H-pyrrole nitrogens is 1. The number of halogens is 1. The van der Waals surface area contributed by atoms with Gasteiger partial charge in [0, 0.05) is 24.0 Å². The monoisotopic (exact) mass is 474 g/mol. The van der Waals surface area contributed by atoms with Gasteiger partial charge in [-0.25, -0.2) is 0 Å². The van der Waals surface area contributed by atoms with E-state index in [1.54, 1.807) is 12.3 Å². The quantitative estimate of drug-likeness (QED) is 0.366. The summed E-state index contributed by atoms with van der Waals surface area (Å²) in [6, 6.07) is -0.232. The number of aromatic nitrogens is 2. The van der Waals surface area contributed by atoms with E-state index in [1.165, 1.54) is 6.20 Å². The number of pyridine rings is 1. The highest BCUT2D eigenvalue weighted by atomic mass is 35.5. The molecule has 1 saturated carbocycles. The van der Waals surface area contributed by atoms with Gasteiger partial charge >= 0.3 is 0 Å². The van der Waals surface area contributed by atoms with Crippen molar-refractivity contribution in [3.05, 3.63) is 29.2 Å². The molecule has 4 amide bonds. The molecule has 1 aliphatic carbocycles. The lowest BCUT2D eigenvalue weighted by molar-refractivity contribution is -0.131. The van der Waals surface area contributed by atoms with Gasteiger partial charge in [-0.15, -0.1) is 0 Å². The minimum absolute atomic E-state index is 0.129. The third kappa shape index (κ3) is 5.62. The number of hydrogen-bond acceptors (Lipinski definition) is 5. The van der Waals surface area contributed by atoms with E-state index in [0.29, 0.717) is 41.2 Å². The predicted octanol–water partition coefficient (Wildman–Crippen LogP) is 1.00. The molecule has 0 spiro atoms. The van der Waals surface area contributed by atoms with Gasteiger partial charge in [0.2, 0.25) is 17.7 Å². The third-order valence-electron chi connectivity index (χ3n) is 6.21. The van der Waals surface area contributed by atoms with Gasteiger partial charge in [0.1, 0.15) is 17.8 Å². The molecule has 0 bridgehead atoms. The lowest BCUT2D eigenvalue weighted by Gasteiger charge is -2.27. The van der Waals surface area contributed by atoms with Crippen LogP contribution in [0.3, 0.4) is 0 Å². The Morgan fingerprint density at radius 3 is 2.61 bits per heavy atom. The number of piperidine rings is 1. The number of aromatic amines is 1. The molecule has 0 radical (unpaired) electrons. The fourth-order valence-corrected chi connectivity index (χ4v) is 4.37. The number of primary amides is 1. The molecule has 3 atom stereocenters. The highest BCUT2D eigenvalue weighted by Gasteiger charge is 2.34. The molecule has 4 rings (SSSR count). The number of nitrogens with one attached hydrogen (secondary N) is 4. The van der Waals surface area contributed by atoms with E-state index in [-0.39, 0.29) is 18.0 Å². The molecule has 6 N–H and O–H groups in total. The summed E-state index contributed by atoms with van der Waals surface area (Å²) in [5.74, 6) is -1.87. The van der Waals surface area contributed by atoms with Gasteiger partial charge in [0.15, 0.2) is 0 Å². The number of nitrogens with two attached hydrogens (primary N) is 1. The van der Waals surface area contributed by atoms with Crippen LogP contribution >= 0.6 is 11.6 Å². The Morgan fingerprint density at radius 1 is 1.15 bits per heavy atom. The zero-order chi connectivity index (χ0) is 23.5. The van der Waals surface area contributed by atoms with E-state index >= 15 is 0 Å². The molecule has 176 valence electrons. The first-order chi connectivity index (χ1) is 15.8. The van der Waals surface area contributed by atoms with Crippen molar-refractivity contribution in [3.8, 4) is 0 Å². The zero-order valence-electron chi connectivity index (χ0n) is 18.0. The summed E-state index contributed by atoms with van der Waals surface area (Å²) < 4.78 is 0. The molecule has 0 aromatic carbocycles. The second kappa shape index (κ2) is 9.78. The summed E-state index contributed by atoms with van der Waals surface area (Å²) in [5.41, 5.74) is 6.37. The van der Waals surface area contributed by atoms with Crippen molar-refractivity contribution in [2.45, 2.75) is 50.6 Å². The van der Waals surface area contributed by atoms with Crippen molar-refractivity contribution in [1.29, 1.82) is 0 Å². The molecular weight excluding hydrogens is 448 g/mol. The second-order valence-corrected chi connectivity index (χ2v) is 9.21. The molecule has 2 fully saturated rings. The molecule has 10 nitrogen and oxygen atoms in total. The molecule has 1 saturated heterocycles. The summed E-state index contributed by atoms with van der Waals surface area (Å²) in [6.07, 6.45) is 7.03. The zero-order valence-corrected chi connectivity index (χ0v) is 18.8. The first kappa shape index (κ1) is 23.0. The van der Waals surface area contributed by atoms with E-state index in [0.717, 1.165) is 19.3 Å². The molecule has 3 unspecified atom stereocenters. The standard InChI is InChI=1S/C22H27ClN6O4/c23-14-9-25-10-18-13(14)8-17(27-18)22(33)29-16(6-11-3-4-11)21(32)28-15(19(24)30)7-12-2-1-5-26-20(12)31/h8-12,15-16,27H,1-7H2,(H2,24,30)(H,26,31)(H,28,32)(H,29,33). The predicted molar refractivity (Wildman–Crippen MR) is 121 cm³/mol. The number of carbonyl (C=O) groups excluding carboxylic acids is 4. The van der Waals surface area contributed by atoms with Crippen LogP contribution in [-0.2, 0) is 14.4 Å². The van der Waals surface area contributed by atoms with E-state index in [9.17, 15) is 19.2 Å². The minimum Gasteiger partial charge on any atom is -0.368 e. The lowest BCUT2D eigenvalue weighted by Crippen LogP contribution is -2.54. The van der Waals surface area contributed by atoms with Crippen LogP contribution in [0.25, 0.3) is 10.9 Å². The van der Waals surface area contributed by atoms with Gasteiger partial charge in [-0.3, -0.25) is 24.2 Å². The van der Waals surface area contributed by atoms with Gasteiger partial charge < -0.3 is 26.7 Å². The normalized spacial score (nSPS) is 20.0. The Balaban J connectivity index is 1.45. The second-order valence-electron chi connectivity index (χ2n) is 8.80. The molecule has 2 aromatic rings. The maximum atomic E-state index is 13.1. The average molecular weight is 475 g/mol. The Morgan fingerprint density at radius 2 is 1.94 bits per heavy atom. The van der Waals surface area contributed by atoms with Crippen molar-refractivity contribution in [3.63, 3.8) is 0 Å². The van der Waals surface area contributed by atoms with Crippen LogP contribution in [0.1, 0.15) is 49.0 Å². The largest absolute Gasteiger partial charge is 0.368 e.